The molecule has 4 aromatic rings. The first-order valence-electron chi connectivity index (χ1n) is 7.95. The van der Waals surface area contributed by atoms with Crippen molar-refractivity contribution in [3.63, 3.8) is 0 Å². The number of anilines is 1. The van der Waals surface area contributed by atoms with Crippen molar-refractivity contribution in [1.29, 1.82) is 0 Å². The summed E-state index contributed by atoms with van der Waals surface area (Å²) in [5.74, 6) is -0.380. The molecule has 0 saturated heterocycles. The Kier molecular flexibility index (Phi) is 3.97. The van der Waals surface area contributed by atoms with E-state index >= 15 is 0 Å². The summed E-state index contributed by atoms with van der Waals surface area (Å²) in [5.41, 5.74) is 2.28. The molecule has 0 aliphatic heterocycles. The van der Waals surface area contributed by atoms with Crippen molar-refractivity contribution in [2.45, 2.75) is 13.5 Å². The number of nitrogens with zero attached hydrogens (tertiary/aromatic N) is 2. The molecule has 1 amide bonds. The lowest BCUT2D eigenvalue weighted by Gasteiger charge is -2.09. The molecule has 6 nitrogen and oxygen atoms in total. The van der Waals surface area contributed by atoms with Gasteiger partial charge in [-0.25, -0.2) is 4.98 Å². The number of para-hydroxylation sites is 1. The van der Waals surface area contributed by atoms with Gasteiger partial charge in [0, 0.05) is 5.39 Å². The van der Waals surface area contributed by atoms with Crippen LogP contribution in [0.1, 0.15) is 5.56 Å². The summed E-state index contributed by atoms with van der Waals surface area (Å²) in [6.07, 6.45) is 1.35. The lowest BCUT2D eigenvalue weighted by Crippen LogP contribution is -2.27. The third kappa shape index (κ3) is 2.84. The molecule has 26 heavy (non-hydrogen) atoms. The van der Waals surface area contributed by atoms with E-state index in [1.165, 1.54) is 10.9 Å². The number of hydrogen-bond donors (Lipinski definition) is 1. The number of hydrogen-bond acceptors (Lipinski definition) is 4. The van der Waals surface area contributed by atoms with Crippen molar-refractivity contribution < 1.29 is 9.21 Å². The van der Waals surface area contributed by atoms with Gasteiger partial charge >= 0.3 is 0 Å². The van der Waals surface area contributed by atoms with Gasteiger partial charge < -0.3 is 9.73 Å². The summed E-state index contributed by atoms with van der Waals surface area (Å²) in [6.45, 7) is 1.72. The number of furan rings is 1. The SMILES string of the molecule is Cc1ccc(NC(=O)Cn2cnc3c(oc4ccccc43)c2=O)c(Cl)c1. The largest absolute Gasteiger partial charge is 0.448 e. The van der Waals surface area contributed by atoms with Gasteiger partial charge in [0.25, 0.3) is 5.56 Å². The quantitative estimate of drug-likeness (QED) is 0.598. The zero-order valence-electron chi connectivity index (χ0n) is 13.8. The van der Waals surface area contributed by atoms with Crippen molar-refractivity contribution in [1.82, 2.24) is 9.55 Å². The molecule has 7 heteroatoms. The second kappa shape index (κ2) is 6.31. The van der Waals surface area contributed by atoms with E-state index in [0.717, 1.165) is 10.9 Å². The lowest BCUT2D eigenvalue weighted by atomic mass is 10.2. The van der Waals surface area contributed by atoms with Crippen molar-refractivity contribution >= 4 is 45.3 Å². The Morgan fingerprint density at radius 2 is 2.08 bits per heavy atom. The van der Waals surface area contributed by atoms with Crippen LogP contribution in [0.5, 0.6) is 0 Å². The number of halogens is 1. The molecule has 0 unspecified atom stereocenters. The fourth-order valence-corrected chi connectivity index (χ4v) is 3.08. The van der Waals surface area contributed by atoms with E-state index in [9.17, 15) is 9.59 Å². The van der Waals surface area contributed by atoms with E-state index in [1.54, 1.807) is 18.2 Å². The molecule has 0 fully saturated rings. The third-order valence-corrected chi connectivity index (χ3v) is 4.38. The highest BCUT2D eigenvalue weighted by molar-refractivity contribution is 6.33. The van der Waals surface area contributed by atoms with Gasteiger partial charge in [0.05, 0.1) is 17.0 Å². The van der Waals surface area contributed by atoms with Gasteiger partial charge in [-0.2, -0.15) is 0 Å². The van der Waals surface area contributed by atoms with Gasteiger partial charge in [-0.3, -0.25) is 14.2 Å². The molecule has 0 radical (unpaired) electrons. The van der Waals surface area contributed by atoms with Crippen molar-refractivity contribution in [2.24, 2.45) is 0 Å². The number of amides is 1. The van der Waals surface area contributed by atoms with Crippen molar-refractivity contribution in [2.75, 3.05) is 5.32 Å². The molecule has 4 rings (SSSR count). The van der Waals surface area contributed by atoms with Crippen molar-refractivity contribution in [3.8, 4) is 0 Å². The molecule has 2 aromatic carbocycles. The Hall–Kier alpha value is -3.12. The second-order valence-corrected chi connectivity index (χ2v) is 6.39. The summed E-state index contributed by atoms with van der Waals surface area (Å²) in [4.78, 5) is 29.2. The highest BCUT2D eigenvalue weighted by Crippen LogP contribution is 2.24. The first-order valence-corrected chi connectivity index (χ1v) is 8.33. The number of fused-ring (bicyclic) bond motifs is 3. The lowest BCUT2D eigenvalue weighted by molar-refractivity contribution is -0.116. The number of aromatic nitrogens is 2. The maximum atomic E-state index is 12.6. The van der Waals surface area contributed by atoms with Crippen LogP contribution in [0, 0.1) is 6.92 Å². The van der Waals surface area contributed by atoms with Crippen LogP contribution in [0.2, 0.25) is 5.02 Å². The molecule has 2 heterocycles. The monoisotopic (exact) mass is 367 g/mol. The summed E-state index contributed by atoms with van der Waals surface area (Å²) in [7, 11) is 0. The molecular weight excluding hydrogens is 354 g/mol. The number of rotatable bonds is 3. The zero-order valence-corrected chi connectivity index (χ0v) is 14.6. The second-order valence-electron chi connectivity index (χ2n) is 5.99. The van der Waals surface area contributed by atoms with E-state index in [2.05, 4.69) is 10.3 Å². The van der Waals surface area contributed by atoms with E-state index in [1.807, 2.05) is 31.2 Å². The average Bonchev–Trinajstić information content (AvgIpc) is 2.99. The van der Waals surface area contributed by atoms with E-state index in [-0.39, 0.29) is 18.0 Å². The van der Waals surface area contributed by atoms with Gasteiger partial charge in [0.1, 0.15) is 17.6 Å². The molecule has 0 spiro atoms. The topological polar surface area (TPSA) is 77.1 Å². The Morgan fingerprint density at radius 3 is 2.88 bits per heavy atom. The number of aryl methyl sites for hydroxylation is 1. The molecule has 0 saturated carbocycles. The van der Waals surface area contributed by atoms with E-state index in [0.29, 0.717) is 21.8 Å². The van der Waals surface area contributed by atoms with Crippen LogP contribution >= 0.6 is 11.6 Å². The number of carbonyl (C=O) groups excluding carboxylic acids is 1. The predicted octanol–water partition coefficient (Wildman–Crippen LogP) is 3.74. The van der Waals surface area contributed by atoms with Crippen LogP contribution in [-0.4, -0.2) is 15.5 Å². The van der Waals surface area contributed by atoms with Crippen LogP contribution in [0.3, 0.4) is 0 Å². The van der Waals surface area contributed by atoms with Crippen LogP contribution in [0.15, 0.2) is 58.0 Å². The maximum absolute atomic E-state index is 12.6. The van der Waals surface area contributed by atoms with Gasteiger partial charge in [-0.1, -0.05) is 29.8 Å². The maximum Gasteiger partial charge on any atom is 0.297 e. The molecule has 2 aromatic heterocycles. The summed E-state index contributed by atoms with van der Waals surface area (Å²) < 4.78 is 6.82. The van der Waals surface area contributed by atoms with Crippen LogP contribution in [-0.2, 0) is 11.3 Å². The van der Waals surface area contributed by atoms with Gasteiger partial charge in [0.15, 0.2) is 0 Å². The summed E-state index contributed by atoms with van der Waals surface area (Å²) in [6, 6.07) is 12.6. The van der Waals surface area contributed by atoms with Crippen LogP contribution in [0.4, 0.5) is 5.69 Å². The molecule has 1 N–H and O–H groups in total. The van der Waals surface area contributed by atoms with Crippen LogP contribution in [0.25, 0.3) is 22.1 Å². The number of nitrogens with one attached hydrogen (secondary N) is 1. The smallest absolute Gasteiger partial charge is 0.297 e. The highest BCUT2D eigenvalue weighted by atomic mass is 35.5. The van der Waals surface area contributed by atoms with Gasteiger partial charge in [0.2, 0.25) is 11.5 Å². The molecular formula is C19H14ClN3O3. The normalized spacial score (nSPS) is 11.2. The van der Waals surface area contributed by atoms with E-state index in [4.69, 9.17) is 16.0 Å². The third-order valence-electron chi connectivity index (χ3n) is 4.06. The standard InChI is InChI=1S/C19H14ClN3O3/c1-11-6-7-14(13(20)8-11)22-16(24)9-23-10-21-17-12-4-2-3-5-15(12)26-18(17)19(23)25/h2-8,10H,9H2,1H3,(H,22,24). The summed E-state index contributed by atoms with van der Waals surface area (Å²) >= 11 is 6.12. The van der Waals surface area contributed by atoms with Gasteiger partial charge in [-0.15, -0.1) is 0 Å². The minimum absolute atomic E-state index is 0.134. The zero-order chi connectivity index (χ0) is 18.3. The Labute approximate surface area is 153 Å². The summed E-state index contributed by atoms with van der Waals surface area (Å²) in [5, 5.41) is 3.91. The number of benzene rings is 2. The first-order chi connectivity index (χ1) is 12.5. The fourth-order valence-electron chi connectivity index (χ4n) is 2.79. The molecule has 130 valence electrons. The van der Waals surface area contributed by atoms with E-state index < -0.39 is 5.56 Å². The Bertz CT molecular complexity index is 1210. The van der Waals surface area contributed by atoms with Gasteiger partial charge in [-0.05, 0) is 36.8 Å². The van der Waals surface area contributed by atoms with Crippen molar-refractivity contribution in [3.05, 3.63) is 69.7 Å². The van der Waals surface area contributed by atoms with Crippen LogP contribution < -0.4 is 10.9 Å². The molecule has 0 aliphatic carbocycles. The predicted molar refractivity (Wildman–Crippen MR) is 101 cm³/mol. The highest BCUT2D eigenvalue weighted by Gasteiger charge is 2.15. The molecule has 0 atom stereocenters. The number of carbonyl (C=O) groups is 1. The average molecular weight is 368 g/mol. The Balaban J connectivity index is 1.64. The fraction of sp³-hybridized carbons (Fsp3) is 0.105. The molecule has 0 bridgehead atoms. The molecule has 0 aliphatic rings. The first kappa shape index (κ1) is 16.4. The Morgan fingerprint density at radius 1 is 1.27 bits per heavy atom. The minimum atomic E-state index is -0.406. The minimum Gasteiger partial charge on any atom is -0.448 e.